The van der Waals surface area contributed by atoms with E-state index in [4.69, 9.17) is 5.11 Å². The highest BCUT2D eigenvalue weighted by atomic mass is 32.2. The number of carboxylic acids is 1. The van der Waals surface area contributed by atoms with Crippen molar-refractivity contribution in [1.82, 2.24) is 5.32 Å². The number of hydrogen-bond donors (Lipinski definition) is 3. The zero-order valence-corrected chi connectivity index (χ0v) is 16.5. The number of carbonyl (C=O) groups is 2. The van der Waals surface area contributed by atoms with Crippen molar-refractivity contribution >= 4 is 34.4 Å². The molecule has 0 atom stereocenters. The van der Waals surface area contributed by atoms with Gasteiger partial charge in [-0.1, -0.05) is 63.3 Å². The van der Waals surface area contributed by atoms with Gasteiger partial charge in [-0.3, -0.25) is 9.59 Å². The molecule has 2 aromatic rings. The molecule has 0 bridgehead atoms. The summed E-state index contributed by atoms with van der Waals surface area (Å²) in [6.07, 6.45) is 6.82. The Morgan fingerprint density at radius 3 is 2.41 bits per heavy atom. The van der Waals surface area contributed by atoms with Gasteiger partial charge in [-0.2, -0.15) is 0 Å². The minimum atomic E-state index is -0.925. The van der Waals surface area contributed by atoms with Gasteiger partial charge in [-0.25, -0.2) is 0 Å². The Balaban J connectivity index is 2.08. The zero-order valence-electron chi connectivity index (χ0n) is 15.7. The summed E-state index contributed by atoms with van der Waals surface area (Å²) in [4.78, 5) is 24.1. The van der Waals surface area contributed by atoms with Gasteiger partial charge in [-0.05, 0) is 17.9 Å². The molecule has 5 nitrogen and oxygen atoms in total. The van der Waals surface area contributed by atoms with Crippen molar-refractivity contribution in [2.75, 3.05) is 12.3 Å². The van der Waals surface area contributed by atoms with Crippen molar-refractivity contribution < 1.29 is 19.8 Å². The van der Waals surface area contributed by atoms with Crippen molar-refractivity contribution in [3.05, 3.63) is 35.9 Å². The molecular formula is C21H27NO4S. The second-order valence-corrected chi connectivity index (χ2v) is 7.54. The molecule has 0 aliphatic rings. The number of aromatic hydroxyl groups is 1. The predicted molar refractivity (Wildman–Crippen MR) is 110 cm³/mol. The summed E-state index contributed by atoms with van der Waals surface area (Å²) >= 11 is 1.15. The fraction of sp³-hybridized carbons (Fsp3) is 0.429. The van der Waals surface area contributed by atoms with E-state index in [1.165, 1.54) is 25.7 Å². The largest absolute Gasteiger partial charge is 0.506 e. The Bertz CT molecular complexity index is 791. The summed E-state index contributed by atoms with van der Waals surface area (Å²) in [6.45, 7) is 2.74. The van der Waals surface area contributed by atoms with Crippen LogP contribution in [-0.4, -0.2) is 34.4 Å². The predicted octanol–water partition coefficient (Wildman–Crippen LogP) is 4.81. The summed E-state index contributed by atoms with van der Waals surface area (Å²) < 4.78 is 0. The molecular weight excluding hydrogens is 362 g/mol. The SMILES string of the molecule is CCCCCCCCNC(=O)c1cc(SCC(=O)O)c2ccccc2c1O. The highest BCUT2D eigenvalue weighted by Crippen LogP contribution is 2.36. The van der Waals surface area contributed by atoms with E-state index in [1.807, 2.05) is 12.1 Å². The minimum Gasteiger partial charge on any atom is -0.506 e. The topological polar surface area (TPSA) is 86.6 Å². The Kier molecular flexibility index (Phi) is 8.45. The maximum Gasteiger partial charge on any atom is 0.313 e. The first-order chi connectivity index (χ1) is 13.0. The van der Waals surface area contributed by atoms with Gasteiger partial charge in [0.2, 0.25) is 0 Å². The third-order valence-electron chi connectivity index (χ3n) is 4.39. The van der Waals surface area contributed by atoms with Gasteiger partial charge in [0.15, 0.2) is 0 Å². The van der Waals surface area contributed by atoms with Crippen LogP contribution in [0.1, 0.15) is 55.8 Å². The number of fused-ring (bicyclic) bond motifs is 1. The minimum absolute atomic E-state index is 0.0641. The molecule has 146 valence electrons. The molecule has 0 saturated heterocycles. The monoisotopic (exact) mass is 389 g/mol. The zero-order chi connectivity index (χ0) is 19.6. The van der Waals surface area contributed by atoms with Crippen LogP contribution in [0.2, 0.25) is 0 Å². The molecule has 0 spiro atoms. The lowest BCUT2D eigenvalue weighted by molar-refractivity contribution is -0.133. The number of rotatable bonds is 11. The van der Waals surface area contributed by atoms with Crippen molar-refractivity contribution in [1.29, 1.82) is 0 Å². The molecule has 0 radical (unpaired) electrons. The molecule has 0 aliphatic heterocycles. The molecule has 0 heterocycles. The van der Waals surface area contributed by atoms with E-state index in [9.17, 15) is 14.7 Å². The van der Waals surface area contributed by atoms with Gasteiger partial charge in [0, 0.05) is 16.8 Å². The lowest BCUT2D eigenvalue weighted by Crippen LogP contribution is -2.24. The van der Waals surface area contributed by atoms with E-state index in [2.05, 4.69) is 12.2 Å². The number of unbranched alkanes of at least 4 members (excludes halogenated alkanes) is 5. The average molecular weight is 390 g/mol. The summed E-state index contributed by atoms with van der Waals surface area (Å²) in [5.41, 5.74) is 0.188. The molecule has 0 aliphatic carbocycles. The van der Waals surface area contributed by atoms with Crippen LogP contribution in [0.4, 0.5) is 0 Å². The number of phenolic OH excluding ortho intramolecular Hbond substituents is 1. The Morgan fingerprint density at radius 2 is 1.70 bits per heavy atom. The normalized spacial score (nSPS) is 10.9. The lowest BCUT2D eigenvalue weighted by atomic mass is 10.0. The quantitative estimate of drug-likeness (QED) is 0.379. The van der Waals surface area contributed by atoms with Crippen LogP contribution in [0, 0.1) is 0 Å². The van der Waals surface area contributed by atoms with E-state index >= 15 is 0 Å². The third kappa shape index (κ3) is 6.17. The Morgan fingerprint density at radius 1 is 1.04 bits per heavy atom. The summed E-state index contributed by atoms with van der Waals surface area (Å²) in [5.74, 6) is -1.42. The van der Waals surface area contributed by atoms with Crippen molar-refractivity contribution in [3.8, 4) is 5.75 Å². The van der Waals surface area contributed by atoms with Crippen LogP contribution in [-0.2, 0) is 4.79 Å². The molecule has 0 aromatic heterocycles. The number of phenols is 1. The fourth-order valence-electron chi connectivity index (χ4n) is 2.96. The highest BCUT2D eigenvalue weighted by molar-refractivity contribution is 8.00. The maximum absolute atomic E-state index is 12.5. The summed E-state index contributed by atoms with van der Waals surface area (Å²) in [7, 11) is 0. The Hall–Kier alpha value is -2.21. The second-order valence-electron chi connectivity index (χ2n) is 6.52. The highest BCUT2D eigenvalue weighted by Gasteiger charge is 2.17. The van der Waals surface area contributed by atoms with Crippen LogP contribution in [0.15, 0.2) is 35.2 Å². The van der Waals surface area contributed by atoms with Gasteiger partial charge in [0.1, 0.15) is 5.75 Å². The van der Waals surface area contributed by atoms with Gasteiger partial charge in [0.05, 0.1) is 11.3 Å². The van der Waals surface area contributed by atoms with E-state index in [-0.39, 0.29) is 23.0 Å². The molecule has 0 unspecified atom stereocenters. The van der Waals surface area contributed by atoms with Gasteiger partial charge < -0.3 is 15.5 Å². The van der Waals surface area contributed by atoms with Gasteiger partial charge >= 0.3 is 5.97 Å². The van der Waals surface area contributed by atoms with Crippen LogP contribution in [0.3, 0.4) is 0 Å². The van der Waals surface area contributed by atoms with E-state index in [0.29, 0.717) is 16.8 Å². The first kappa shape index (κ1) is 21.1. The summed E-state index contributed by atoms with van der Waals surface area (Å²) in [5, 5.41) is 23.6. The molecule has 2 rings (SSSR count). The van der Waals surface area contributed by atoms with Gasteiger partial charge in [0.25, 0.3) is 5.91 Å². The average Bonchev–Trinajstić information content (AvgIpc) is 2.66. The number of thioether (sulfide) groups is 1. The van der Waals surface area contributed by atoms with Crippen molar-refractivity contribution in [2.45, 2.75) is 50.3 Å². The standard InChI is InChI=1S/C21H27NO4S/c1-2-3-4-5-6-9-12-22-21(26)17-13-18(27-14-19(23)24)15-10-7-8-11-16(15)20(17)25/h7-8,10-11,13,25H,2-6,9,12,14H2,1H3,(H,22,26)(H,23,24). The fourth-order valence-corrected chi connectivity index (χ4v) is 3.77. The number of amides is 1. The number of carboxylic acid groups (broad SMARTS) is 1. The third-order valence-corrected chi connectivity index (χ3v) is 5.43. The lowest BCUT2D eigenvalue weighted by Gasteiger charge is -2.12. The van der Waals surface area contributed by atoms with Crippen molar-refractivity contribution in [2.24, 2.45) is 0 Å². The number of aliphatic carboxylic acids is 1. The van der Waals surface area contributed by atoms with Crippen molar-refractivity contribution in [3.63, 3.8) is 0 Å². The first-order valence-corrected chi connectivity index (χ1v) is 10.4. The Labute approximate surface area is 164 Å². The molecule has 1 amide bonds. The van der Waals surface area contributed by atoms with E-state index in [1.54, 1.807) is 18.2 Å². The van der Waals surface area contributed by atoms with Crippen LogP contribution in [0.25, 0.3) is 10.8 Å². The molecule has 0 saturated carbocycles. The number of carbonyl (C=O) groups excluding carboxylic acids is 1. The first-order valence-electron chi connectivity index (χ1n) is 9.42. The molecule has 2 aromatic carbocycles. The van der Waals surface area contributed by atoms with E-state index < -0.39 is 5.97 Å². The molecule has 0 fully saturated rings. The van der Waals surface area contributed by atoms with Crippen LogP contribution in [0.5, 0.6) is 5.75 Å². The molecule has 6 heteroatoms. The second kappa shape index (κ2) is 10.8. The maximum atomic E-state index is 12.5. The van der Waals surface area contributed by atoms with Gasteiger partial charge in [-0.15, -0.1) is 11.8 Å². The number of benzene rings is 2. The van der Waals surface area contributed by atoms with E-state index in [0.717, 1.165) is 30.0 Å². The summed E-state index contributed by atoms with van der Waals surface area (Å²) in [6, 6.07) is 8.75. The van der Waals surface area contributed by atoms with Crippen LogP contribution >= 0.6 is 11.8 Å². The number of nitrogens with one attached hydrogen (secondary N) is 1. The molecule has 27 heavy (non-hydrogen) atoms. The van der Waals surface area contributed by atoms with Crippen LogP contribution < -0.4 is 5.32 Å². The molecule has 3 N–H and O–H groups in total. The number of hydrogen-bond acceptors (Lipinski definition) is 4. The smallest absolute Gasteiger partial charge is 0.313 e.